The number of aliphatic hydroxyl groups excluding tert-OH is 5. The quantitative estimate of drug-likeness (QED) is 0.0628. The molecule has 0 aromatic heterocycles. The molecule has 76 heavy (non-hydrogen) atoms. The van der Waals surface area contributed by atoms with Gasteiger partial charge in [0, 0.05) is 82.9 Å². The standard InChI is InChI=1S/C56H80N2O12S6/c1-31-14-35-26-72-71-25-32-10-12-56(22-31)43(35)8-9-46(61)41-24-58-55(66)42(41)27-73-74-28-45(57-23-32)38-7-6-37(19-44(38)56)70-50-18-34-4-5-36(69-30-60)20-47(62)40(15-33-16-51(67-2)54(65)52(17-33)68-3)49(64)29-75-76-53(11-13-59)39(34)21-48(50)63/h16-18,21,31-32,35-38,40-47,49,53,57,59-65H,4-9,11,13-15,19-20,22-30H2,1-3H3,(H,58,66). The van der Waals surface area contributed by atoms with Crippen LogP contribution in [0.5, 0.6) is 28.7 Å². The maximum absolute atomic E-state index is 13.2. The molecule has 9 rings (SSSR count). The number of aromatic hydroxyl groups is 2. The molecule has 7 aliphatic rings. The van der Waals surface area contributed by atoms with Crippen LogP contribution in [0.2, 0.25) is 0 Å². The molecule has 2 saturated heterocycles. The van der Waals surface area contributed by atoms with Crippen molar-refractivity contribution in [2.45, 2.75) is 126 Å². The van der Waals surface area contributed by atoms with Gasteiger partial charge in [0.15, 0.2) is 23.0 Å². The number of aryl methyl sites for hydroxylation is 1. The summed E-state index contributed by atoms with van der Waals surface area (Å²) in [5, 5.41) is 86.0. The van der Waals surface area contributed by atoms with Crippen molar-refractivity contribution in [2.24, 2.45) is 58.7 Å². The maximum atomic E-state index is 13.2. The highest BCUT2D eigenvalue weighted by Crippen LogP contribution is 2.60. The number of aliphatic hydroxyl groups is 5. The van der Waals surface area contributed by atoms with Crippen LogP contribution in [0.15, 0.2) is 24.3 Å². The van der Waals surface area contributed by atoms with E-state index in [1.54, 1.807) is 29.0 Å². The van der Waals surface area contributed by atoms with Gasteiger partial charge in [-0.2, -0.15) is 0 Å². The van der Waals surface area contributed by atoms with Crippen LogP contribution < -0.4 is 24.8 Å². The molecule has 20 heteroatoms. The van der Waals surface area contributed by atoms with Gasteiger partial charge in [-0.1, -0.05) is 83.5 Å². The largest absolute Gasteiger partial charge is 0.504 e. The van der Waals surface area contributed by atoms with Crippen LogP contribution in [0, 0.1) is 70.5 Å². The molecule has 2 aromatic carbocycles. The highest BCUT2D eigenvalue weighted by atomic mass is 33.1. The second-order valence-corrected chi connectivity index (χ2v) is 30.2. The molecule has 5 heterocycles. The molecule has 5 aliphatic heterocycles. The molecule has 17 atom stereocenters. The maximum Gasteiger partial charge on any atom is 0.224 e. The zero-order valence-electron chi connectivity index (χ0n) is 44.0. The summed E-state index contributed by atoms with van der Waals surface area (Å²) in [5.74, 6) is 13.6. The van der Waals surface area contributed by atoms with Crippen molar-refractivity contribution >= 4 is 70.7 Å². The Morgan fingerprint density at radius 3 is 2.32 bits per heavy atom. The number of methoxy groups -OCH3 is 2. The van der Waals surface area contributed by atoms with Crippen LogP contribution in [-0.2, 0) is 22.4 Å². The average Bonchev–Trinajstić information content (AvgIpc) is 3.84. The van der Waals surface area contributed by atoms with Gasteiger partial charge < -0.3 is 65.3 Å². The molecule has 422 valence electrons. The minimum absolute atomic E-state index is 0.0273. The molecule has 17 unspecified atom stereocenters. The van der Waals surface area contributed by atoms with E-state index in [0.717, 1.165) is 73.5 Å². The average molecular weight is 1170 g/mol. The summed E-state index contributed by atoms with van der Waals surface area (Å²) in [6.07, 6.45) is 4.33. The Morgan fingerprint density at radius 2 is 1.54 bits per heavy atom. The fourth-order valence-electron chi connectivity index (χ4n) is 14.1. The van der Waals surface area contributed by atoms with E-state index in [1.807, 2.05) is 38.4 Å². The number of benzene rings is 2. The van der Waals surface area contributed by atoms with Gasteiger partial charge in [-0.25, -0.2) is 0 Å². The van der Waals surface area contributed by atoms with Crippen molar-refractivity contribution in [3.8, 4) is 40.6 Å². The van der Waals surface area contributed by atoms with Crippen LogP contribution in [0.3, 0.4) is 0 Å². The van der Waals surface area contributed by atoms with E-state index < -0.39 is 37.1 Å². The Morgan fingerprint density at radius 1 is 0.763 bits per heavy atom. The summed E-state index contributed by atoms with van der Waals surface area (Å²) in [4.78, 5) is 13.2. The molecule has 14 nitrogen and oxygen atoms in total. The number of phenolic OH excluding ortho intramolecular Hbond substituents is 2. The van der Waals surface area contributed by atoms with Crippen molar-refractivity contribution in [3.05, 3.63) is 41.0 Å². The lowest BCUT2D eigenvalue weighted by Gasteiger charge is -2.56. The second kappa shape index (κ2) is 27.4. The van der Waals surface area contributed by atoms with Gasteiger partial charge in [-0.3, -0.25) is 4.79 Å². The van der Waals surface area contributed by atoms with E-state index in [9.17, 15) is 40.5 Å². The van der Waals surface area contributed by atoms with Crippen molar-refractivity contribution in [3.63, 3.8) is 0 Å². The Bertz CT molecular complexity index is 2310. The molecular weight excluding hydrogens is 1090 g/mol. The number of ether oxygens (including phenoxy) is 4. The first-order valence-corrected chi connectivity index (χ1v) is 34.8. The van der Waals surface area contributed by atoms with Gasteiger partial charge in [-0.15, -0.1) is 0 Å². The normalized spacial score (nSPS) is 37.6. The van der Waals surface area contributed by atoms with Gasteiger partial charge in [0.05, 0.1) is 50.7 Å². The van der Waals surface area contributed by atoms with Gasteiger partial charge in [0.25, 0.3) is 0 Å². The Labute approximate surface area is 473 Å². The van der Waals surface area contributed by atoms with Gasteiger partial charge in [-0.05, 0) is 148 Å². The van der Waals surface area contributed by atoms with E-state index in [-0.39, 0.29) is 107 Å². The van der Waals surface area contributed by atoms with Crippen LogP contribution in [0.25, 0.3) is 0 Å². The number of nitrogens with one attached hydrogen (secondary N) is 2. The molecular formula is C56H80N2O12S6. The number of carbonyl (C=O) groups excluding carboxylic acids is 1. The van der Waals surface area contributed by atoms with Gasteiger partial charge in [0.1, 0.15) is 6.79 Å². The second-order valence-electron chi connectivity index (χ2n) is 22.5. The SMILES string of the molecule is COc1cc(CC2C(O)CSSC(CCO)c3cc(O)c(OC4CCC5C6CSSCC7C(=O)NCC7C(O)CCC7C8CSSCC(C#CC7(CC(C)C8)C5C4)CN6)cc3CCC(OCO)CC2O)cc(OC)c1O. The van der Waals surface area contributed by atoms with E-state index in [0.29, 0.717) is 67.0 Å². The Hall–Kier alpha value is -1.71. The summed E-state index contributed by atoms with van der Waals surface area (Å²) in [6.45, 7) is 3.11. The summed E-state index contributed by atoms with van der Waals surface area (Å²) in [7, 11) is 13.4. The molecule has 2 aliphatic carbocycles. The number of hydrogen-bond acceptors (Lipinski definition) is 19. The van der Waals surface area contributed by atoms with E-state index >= 15 is 0 Å². The number of amides is 1. The third kappa shape index (κ3) is 13.6. The number of carbonyl (C=O) groups is 1. The molecule has 0 radical (unpaired) electrons. The first-order chi connectivity index (χ1) is 36.8. The number of fused-ring (bicyclic) bond motifs is 3. The van der Waals surface area contributed by atoms with Crippen molar-refractivity contribution in [2.75, 3.05) is 69.5 Å². The lowest BCUT2D eigenvalue weighted by molar-refractivity contribution is -0.123. The van der Waals surface area contributed by atoms with Gasteiger partial charge in [0.2, 0.25) is 11.7 Å². The smallest absolute Gasteiger partial charge is 0.224 e. The van der Waals surface area contributed by atoms with Crippen molar-refractivity contribution < 1.29 is 59.5 Å². The summed E-state index contributed by atoms with van der Waals surface area (Å²) in [6, 6.07) is 7.32. The molecule has 9 N–H and O–H groups in total. The van der Waals surface area contributed by atoms with Crippen LogP contribution >= 0.6 is 64.8 Å². The third-order valence-corrected chi connectivity index (χ3v) is 25.8. The number of hydrogen-bond donors (Lipinski definition) is 9. The Kier molecular flexibility index (Phi) is 21.2. The molecule has 2 saturated carbocycles. The van der Waals surface area contributed by atoms with Crippen LogP contribution in [0.4, 0.5) is 0 Å². The van der Waals surface area contributed by atoms with E-state index in [4.69, 9.17) is 18.9 Å². The van der Waals surface area contributed by atoms with E-state index in [2.05, 4.69) is 29.4 Å². The lowest BCUT2D eigenvalue weighted by atomic mass is 9.48. The Balaban J connectivity index is 1.02. The zero-order chi connectivity index (χ0) is 53.5. The predicted molar refractivity (Wildman–Crippen MR) is 309 cm³/mol. The predicted octanol–water partition coefficient (Wildman–Crippen LogP) is 7.87. The molecule has 4 bridgehead atoms. The number of rotatable bonds is 10. The monoisotopic (exact) mass is 1160 g/mol. The number of phenols is 2. The fraction of sp³-hybridized carbons (Fsp3) is 0.732. The van der Waals surface area contributed by atoms with Crippen LogP contribution in [0.1, 0.15) is 93.1 Å². The van der Waals surface area contributed by atoms with Gasteiger partial charge >= 0.3 is 0 Å². The highest BCUT2D eigenvalue weighted by Gasteiger charge is 2.56. The van der Waals surface area contributed by atoms with E-state index in [1.165, 1.54) is 35.8 Å². The summed E-state index contributed by atoms with van der Waals surface area (Å²) >= 11 is 0. The third-order valence-electron chi connectivity index (χ3n) is 17.9. The minimum atomic E-state index is -1.04. The topological polar surface area (TPSA) is 220 Å². The molecule has 1 amide bonds. The highest BCUT2D eigenvalue weighted by molar-refractivity contribution is 8.77. The molecule has 4 fully saturated rings. The summed E-state index contributed by atoms with van der Waals surface area (Å²) < 4.78 is 23.9. The fourth-order valence-corrected chi connectivity index (χ4v) is 22.4. The summed E-state index contributed by atoms with van der Waals surface area (Å²) in [5.41, 5.74) is 2.14. The first-order valence-electron chi connectivity index (χ1n) is 27.5. The minimum Gasteiger partial charge on any atom is -0.504 e. The van der Waals surface area contributed by atoms with Crippen molar-refractivity contribution in [1.82, 2.24) is 10.6 Å². The molecule has 2 aromatic rings. The van der Waals surface area contributed by atoms with Crippen LogP contribution in [-0.4, -0.2) is 148 Å². The lowest BCUT2D eigenvalue weighted by Crippen LogP contribution is -2.55. The van der Waals surface area contributed by atoms with Crippen molar-refractivity contribution in [1.29, 1.82) is 0 Å². The first kappa shape index (κ1) is 58.9. The molecule has 1 spiro atoms. The zero-order valence-corrected chi connectivity index (χ0v) is 48.9.